The fraction of sp³-hybridized carbons (Fsp3) is 0.167. The summed E-state index contributed by atoms with van der Waals surface area (Å²) in [5.41, 5.74) is -0.207. The van der Waals surface area contributed by atoms with E-state index >= 15 is 0 Å². The first kappa shape index (κ1) is 12.3. The summed E-state index contributed by atoms with van der Waals surface area (Å²) >= 11 is 0. The van der Waals surface area contributed by atoms with Crippen LogP contribution in [0.5, 0.6) is 0 Å². The predicted octanol–water partition coefficient (Wildman–Crippen LogP) is 2.85. The number of H-pyrrole nitrogens is 1. The maximum Gasteiger partial charge on any atom is 0.416 e. The number of carbonyl (C=O) groups excluding carboxylic acids is 1. The van der Waals surface area contributed by atoms with Gasteiger partial charge in [0.2, 0.25) is 5.78 Å². The number of Topliss-reactive ketones (excluding diaryl/α,β-unsaturated/α-hetero) is 1. The van der Waals surface area contributed by atoms with Crippen LogP contribution in [0.3, 0.4) is 0 Å². The molecule has 94 valence electrons. The predicted molar refractivity (Wildman–Crippen MR) is 58.1 cm³/mol. The third-order valence-corrected chi connectivity index (χ3v) is 2.41. The Kier molecular flexibility index (Phi) is 3.18. The van der Waals surface area contributed by atoms with E-state index in [-0.39, 0.29) is 18.0 Å². The molecule has 18 heavy (non-hydrogen) atoms. The van der Waals surface area contributed by atoms with Crippen molar-refractivity contribution in [2.45, 2.75) is 12.6 Å². The van der Waals surface area contributed by atoms with Gasteiger partial charge in [0.05, 0.1) is 5.56 Å². The van der Waals surface area contributed by atoms with Crippen LogP contribution in [0, 0.1) is 0 Å². The Balaban J connectivity index is 2.09. The van der Waals surface area contributed by atoms with Crippen LogP contribution in [0.1, 0.15) is 21.7 Å². The number of carbonyl (C=O) groups is 1. The zero-order valence-corrected chi connectivity index (χ0v) is 9.16. The van der Waals surface area contributed by atoms with Gasteiger partial charge in [-0.1, -0.05) is 12.1 Å². The highest BCUT2D eigenvalue weighted by molar-refractivity contribution is 5.94. The summed E-state index contributed by atoms with van der Waals surface area (Å²) in [5, 5.41) is 0. The fourth-order valence-corrected chi connectivity index (χ4v) is 1.50. The fourth-order valence-electron chi connectivity index (χ4n) is 1.50. The van der Waals surface area contributed by atoms with Crippen LogP contribution in [0.15, 0.2) is 36.7 Å². The summed E-state index contributed by atoms with van der Waals surface area (Å²) in [6, 6.07) is 4.52. The minimum atomic E-state index is -4.36. The number of imidazole rings is 1. The van der Waals surface area contributed by atoms with Crippen molar-refractivity contribution in [2.75, 3.05) is 0 Å². The van der Waals surface area contributed by atoms with Gasteiger partial charge in [-0.2, -0.15) is 13.2 Å². The molecule has 2 aromatic rings. The van der Waals surface area contributed by atoms with Crippen molar-refractivity contribution in [1.29, 1.82) is 0 Å². The highest BCUT2D eigenvalue weighted by Gasteiger charge is 2.29. The molecule has 0 radical (unpaired) electrons. The van der Waals surface area contributed by atoms with Gasteiger partial charge < -0.3 is 4.98 Å². The molecule has 0 aliphatic heterocycles. The molecule has 0 saturated carbocycles. The number of rotatable bonds is 3. The second-order valence-electron chi connectivity index (χ2n) is 3.73. The molecule has 0 unspecified atom stereocenters. The molecule has 0 bridgehead atoms. The summed E-state index contributed by atoms with van der Waals surface area (Å²) in [4.78, 5) is 18.1. The van der Waals surface area contributed by atoms with Gasteiger partial charge >= 0.3 is 6.18 Å². The molecule has 0 spiro atoms. The minimum Gasteiger partial charge on any atom is -0.342 e. The first-order valence-electron chi connectivity index (χ1n) is 5.15. The Morgan fingerprint density at radius 1 is 1.22 bits per heavy atom. The van der Waals surface area contributed by atoms with Crippen molar-refractivity contribution < 1.29 is 18.0 Å². The molecule has 2 rings (SSSR count). The van der Waals surface area contributed by atoms with E-state index in [0.717, 1.165) is 12.1 Å². The van der Waals surface area contributed by atoms with Gasteiger partial charge in [-0.25, -0.2) is 4.98 Å². The molecule has 0 fully saturated rings. The molecule has 3 nitrogen and oxygen atoms in total. The second kappa shape index (κ2) is 4.64. The molecule has 0 saturated heterocycles. The van der Waals surface area contributed by atoms with Crippen molar-refractivity contribution in [3.8, 4) is 0 Å². The lowest BCUT2D eigenvalue weighted by Crippen LogP contribution is -2.07. The molecule has 1 aromatic carbocycles. The Bertz CT molecular complexity index is 529. The van der Waals surface area contributed by atoms with Crippen molar-refractivity contribution in [3.05, 3.63) is 53.6 Å². The van der Waals surface area contributed by atoms with E-state index in [1.165, 1.54) is 24.5 Å². The summed E-state index contributed by atoms with van der Waals surface area (Å²) < 4.78 is 37.0. The van der Waals surface area contributed by atoms with Crippen LogP contribution >= 0.6 is 0 Å². The summed E-state index contributed by atoms with van der Waals surface area (Å²) in [5.74, 6) is -0.0605. The van der Waals surface area contributed by atoms with E-state index < -0.39 is 11.7 Å². The number of nitrogens with zero attached hydrogens (tertiary/aromatic N) is 1. The molecule has 0 aliphatic rings. The number of hydrogen-bond acceptors (Lipinski definition) is 2. The summed E-state index contributed by atoms with van der Waals surface area (Å²) in [6.07, 6.45) is -1.38. The number of alkyl halides is 3. The van der Waals surface area contributed by atoms with Gasteiger partial charge in [0.15, 0.2) is 5.82 Å². The molecule has 0 atom stereocenters. The zero-order valence-electron chi connectivity index (χ0n) is 9.16. The molecule has 0 amide bonds. The average molecular weight is 254 g/mol. The van der Waals surface area contributed by atoms with Gasteiger partial charge in [0.1, 0.15) is 0 Å². The van der Waals surface area contributed by atoms with Gasteiger partial charge in [-0.3, -0.25) is 4.79 Å². The van der Waals surface area contributed by atoms with Gasteiger partial charge in [-0.05, 0) is 17.7 Å². The van der Waals surface area contributed by atoms with Crippen LogP contribution in [0.4, 0.5) is 13.2 Å². The number of nitrogens with one attached hydrogen (secondary N) is 1. The quantitative estimate of drug-likeness (QED) is 0.856. The van der Waals surface area contributed by atoms with Crippen molar-refractivity contribution in [3.63, 3.8) is 0 Å². The Morgan fingerprint density at radius 3 is 2.39 bits per heavy atom. The highest BCUT2D eigenvalue weighted by Crippen LogP contribution is 2.29. The summed E-state index contributed by atoms with van der Waals surface area (Å²) in [7, 11) is 0. The lowest BCUT2D eigenvalue weighted by atomic mass is 10.1. The standard InChI is InChI=1S/C12H9F3N2O/c13-12(14,15)9-3-1-8(2-4-9)7-10(18)11-16-5-6-17-11/h1-6H,7H2,(H,16,17). The van der Waals surface area contributed by atoms with Crippen LogP contribution in [-0.2, 0) is 12.6 Å². The van der Waals surface area contributed by atoms with Crippen LogP contribution < -0.4 is 0 Å². The third kappa shape index (κ3) is 2.77. The first-order valence-corrected chi connectivity index (χ1v) is 5.15. The number of halogens is 3. The van der Waals surface area contributed by atoms with Crippen molar-refractivity contribution in [1.82, 2.24) is 9.97 Å². The number of aromatic amines is 1. The smallest absolute Gasteiger partial charge is 0.342 e. The molecule has 1 aromatic heterocycles. The van der Waals surface area contributed by atoms with E-state index in [4.69, 9.17) is 0 Å². The third-order valence-electron chi connectivity index (χ3n) is 2.41. The Labute approximate surface area is 101 Å². The monoisotopic (exact) mass is 254 g/mol. The van der Waals surface area contributed by atoms with E-state index in [2.05, 4.69) is 9.97 Å². The number of hydrogen-bond donors (Lipinski definition) is 1. The molecule has 1 N–H and O–H groups in total. The number of aromatic nitrogens is 2. The topological polar surface area (TPSA) is 45.8 Å². The van der Waals surface area contributed by atoms with Crippen molar-refractivity contribution in [2.24, 2.45) is 0 Å². The maximum atomic E-state index is 12.3. The molecule has 0 aliphatic carbocycles. The van der Waals surface area contributed by atoms with Crippen LogP contribution in [-0.4, -0.2) is 15.8 Å². The number of ketones is 1. The summed E-state index contributed by atoms with van der Waals surface area (Å²) in [6.45, 7) is 0. The lowest BCUT2D eigenvalue weighted by Gasteiger charge is -2.06. The SMILES string of the molecule is O=C(Cc1ccc(C(F)(F)F)cc1)c1ncc[nH]1. The van der Waals surface area contributed by atoms with Gasteiger partial charge in [0.25, 0.3) is 0 Å². The Morgan fingerprint density at radius 2 is 1.89 bits per heavy atom. The van der Waals surface area contributed by atoms with E-state index in [1.807, 2.05) is 0 Å². The molecular formula is C12H9F3N2O. The highest BCUT2D eigenvalue weighted by atomic mass is 19.4. The minimum absolute atomic E-state index is 0.0195. The number of benzene rings is 1. The Hall–Kier alpha value is -2.11. The van der Waals surface area contributed by atoms with E-state index in [9.17, 15) is 18.0 Å². The second-order valence-corrected chi connectivity index (χ2v) is 3.73. The van der Waals surface area contributed by atoms with Gasteiger partial charge in [0, 0.05) is 18.8 Å². The van der Waals surface area contributed by atoms with Gasteiger partial charge in [-0.15, -0.1) is 0 Å². The first-order chi connectivity index (χ1) is 8.47. The van der Waals surface area contributed by atoms with E-state index in [1.54, 1.807) is 0 Å². The maximum absolute atomic E-state index is 12.3. The normalized spacial score (nSPS) is 11.5. The van der Waals surface area contributed by atoms with Crippen LogP contribution in [0.25, 0.3) is 0 Å². The molecule has 6 heteroatoms. The average Bonchev–Trinajstić information content (AvgIpc) is 2.82. The van der Waals surface area contributed by atoms with Crippen LogP contribution in [0.2, 0.25) is 0 Å². The van der Waals surface area contributed by atoms with Crippen molar-refractivity contribution >= 4 is 5.78 Å². The molecular weight excluding hydrogens is 245 g/mol. The largest absolute Gasteiger partial charge is 0.416 e. The molecule has 1 heterocycles. The zero-order chi connectivity index (χ0) is 13.2. The van der Waals surface area contributed by atoms with E-state index in [0.29, 0.717) is 5.56 Å². The lowest BCUT2D eigenvalue weighted by molar-refractivity contribution is -0.137.